The topological polar surface area (TPSA) is 50.8 Å². The maximum absolute atomic E-state index is 12.0. The number of rotatable bonds is 3. The Bertz CT molecular complexity index is 254. The number of hydrogen-bond acceptors (Lipinski definition) is 3. The monoisotopic (exact) mass is 242 g/mol. The molecule has 2 aliphatic heterocycles. The van der Waals surface area contributed by atoms with Crippen LogP contribution in [0.15, 0.2) is 0 Å². The molecule has 0 aromatic heterocycles. The summed E-state index contributed by atoms with van der Waals surface area (Å²) in [5.41, 5.74) is 0. The van der Waals surface area contributed by atoms with Crippen LogP contribution in [-0.2, 0) is 9.47 Å². The first-order chi connectivity index (χ1) is 8.33. The van der Waals surface area contributed by atoms with E-state index in [9.17, 15) is 4.79 Å². The molecule has 0 bridgehead atoms. The van der Waals surface area contributed by atoms with E-state index < -0.39 is 0 Å². The van der Waals surface area contributed by atoms with E-state index in [1.54, 1.807) is 0 Å². The molecule has 0 spiro atoms. The summed E-state index contributed by atoms with van der Waals surface area (Å²) in [7, 11) is 0. The fraction of sp³-hybridized carbons (Fsp3) is 0.917. The summed E-state index contributed by atoms with van der Waals surface area (Å²) in [6.45, 7) is 4.88. The average molecular weight is 242 g/mol. The van der Waals surface area contributed by atoms with Crippen LogP contribution in [0.1, 0.15) is 32.6 Å². The Morgan fingerprint density at radius 3 is 2.82 bits per heavy atom. The second-order valence-corrected chi connectivity index (χ2v) is 4.60. The number of piperidine rings is 1. The smallest absolute Gasteiger partial charge is 0.317 e. The molecule has 2 rings (SSSR count). The van der Waals surface area contributed by atoms with Crippen LogP contribution in [0.4, 0.5) is 4.79 Å². The molecule has 0 unspecified atom stereocenters. The number of likely N-dealkylation sites (tertiary alicyclic amines) is 1. The van der Waals surface area contributed by atoms with E-state index in [0.717, 1.165) is 38.8 Å². The highest BCUT2D eigenvalue weighted by Crippen LogP contribution is 2.24. The quantitative estimate of drug-likeness (QED) is 0.812. The van der Waals surface area contributed by atoms with E-state index >= 15 is 0 Å². The molecule has 2 amide bonds. The molecule has 0 aliphatic carbocycles. The molecule has 98 valence electrons. The van der Waals surface area contributed by atoms with Crippen molar-refractivity contribution in [3.8, 4) is 0 Å². The van der Waals surface area contributed by atoms with Crippen molar-refractivity contribution in [3.05, 3.63) is 0 Å². The van der Waals surface area contributed by atoms with E-state index in [-0.39, 0.29) is 18.4 Å². The van der Waals surface area contributed by atoms with Crippen LogP contribution in [0.5, 0.6) is 0 Å². The molecule has 5 heteroatoms. The van der Waals surface area contributed by atoms with Crippen molar-refractivity contribution in [2.24, 2.45) is 0 Å². The lowest BCUT2D eigenvalue weighted by atomic mass is 10.0. The van der Waals surface area contributed by atoms with Gasteiger partial charge in [-0.2, -0.15) is 0 Å². The van der Waals surface area contributed by atoms with Gasteiger partial charge < -0.3 is 19.7 Å². The van der Waals surface area contributed by atoms with Gasteiger partial charge in [0, 0.05) is 13.1 Å². The Hall–Kier alpha value is -0.810. The zero-order valence-electron chi connectivity index (χ0n) is 10.5. The molecular formula is C12H22N2O3. The highest BCUT2D eigenvalue weighted by atomic mass is 16.7. The summed E-state index contributed by atoms with van der Waals surface area (Å²) in [6.07, 6.45) is 3.93. The molecule has 5 nitrogen and oxygen atoms in total. The van der Waals surface area contributed by atoms with Gasteiger partial charge in [0.15, 0.2) is 6.29 Å². The molecule has 17 heavy (non-hydrogen) atoms. The molecule has 1 atom stereocenters. The Balaban J connectivity index is 1.93. The molecule has 2 fully saturated rings. The van der Waals surface area contributed by atoms with Crippen molar-refractivity contribution in [1.82, 2.24) is 10.2 Å². The van der Waals surface area contributed by atoms with Crippen LogP contribution in [0.2, 0.25) is 0 Å². The number of urea groups is 1. The van der Waals surface area contributed by atoms with Crippen LogP contribution in [0.3, 0.4) is 0 Å². The Morgan fingerprint density at radius 1 is 1.35 bits per heavy atom. The van der Waals surface area contributed by atoms with Gasteiger partial charge in [-0.1, -0.05) is 6.92 Å². The van der Waals surface area contributed by atoms with Crippen molar-refractivity contribution in [2.75, 3.05) is 26.3 Å². The lowest BCUT2D eigenvalue weighted by molar-refractivity contribution is -0.0982. The molecule has 0 aromatic rings. The molecule has 2 aliphatic rings. The summed E-state index contributed by atoms with van der Waals surface area (Å²) < 4.78 is 11.1. The Morgan fingerprint density at radius 2 is 2.12 bits per heavy atom. The van der Waals surface area contributed by atoms with E-state index in [1.807, 2.05) is 4.90 Å². The molecule has 0 aromatic carbocycles. The van der Waals surface area contributed by atoms with Gasteiger partial charge in [-0.15, -0.1) is 0 Å². The highest BCUT2D eigenvalue weighted by Gasteiger charge is 2.35. The molecule has 0 radical (unpaired) electrons. The van der Waals surface area contributed by atoms with Crippen LogP contribution in [0, 0.1) is 0 Å². The lowest BCUT2D eigenvalue weighted by Crippen LogP contribution is -2.53. The predicted octanol–water partition coefficient (Wildman–Crippen LogP) is 1.33. The third kappa shape index (κ3) is 3.10. The normalized spacial score (nSPS) is 26.2. The number of ether oxygens (including phenoxy) is 2. The van der Waals surface area contributed by atoms with Crippen molar-refractivity contribution in [1.29, 1.82) is 0 Å². The first-order valence-corrected chi connectivity index (χ1v) is 6.60. The number of hydrogen-bond donors (Lipinski definition) is 1. The summed E-state index contributed by atoms with van der Waals surface area (Å²) >= 11 is 0. The minimum absolute atomic E-state index is 0.0238. The predicted molar refractivity (Wildman–Crippen MR) is 63.7 cm³/mol. The van der Waals surface area contributed by atoms with Crippen LogP contribution >= 0.6 is 0 Å². The first kappa shape index (κ1) is 12.6. The molecule has 2 saturated heterocycles. The first-order valence-electron chi connectivity index (χ1n) is 6.60. The van der Waals surface area contributed by atoms with Crippen LogP contribution in [-0.4, -0.2) is 49.6 Å². The minimum atomic E-state index is -0.220. The number of nitrogens with one attached hydrogen (secondary N) is 1. The fourth-order valence-electron chi connectivity index (χ4n) is 2.42. The standard InChI is InChI=1S/C12H22N2O3/c1-2-6-13-12(15)14-7-4-3-5-10(14)11-16-8-9-17-11/h10-11H,2-9H2,1H3,(H,13,15)/t10-/m0/s1. The maximum atomic E-state index is 12.0. The third-order valence-corrected chi connectivity index (χ3v) is 3.30. The van der Waals surface area contributed by atoms with E-state index in [1.165, 1.54) is 0 Å². The number of carbonyl (C=O) groups excluding carboxylic acids is 1. The minimum Gasteiger partial charge on any atom is -0.348 e. The number of amides is 2. The molecule has 1 N–H and O–H groups in total. The van der Waals surface area contributed by atoms with Gasteiger partial charge in [0.25, 0.3) is 0 Å². The summed E-state index contributed by atoms with van der Waals surface area (Å²) in [5.74, 6) is 0. The molecule has 0 saturated carbocycles. The van der Waals surface area contributed by atoms with E-state index in [4.69, 9.17) is 9.47 Å². The molecule has 2 heterocycles. The third-order valence-electron chi connectivity index (χ3n) is 3.30. The van der Waals surface area contributed by atoms with Crippen molar-refractivity contribution in [3.63, 3.8) is 0 Å². The molecular weight excluding hydrogens is 220 g/mol. The Labute approximate surface area is 102 Å². The second kappa shape index (κ2) is 6.21. The largest absolute Gasteiger partial charge is 0.348 e. The maximum Gasteiger partial charge on any atom is 0.317 e. The SMILES string of the molecule is CCCNC(=O)N1CCCC[C@H]1C1OCCO1. The zero-order valence-corrected chi connectivity index (χ0v) is 10.5. The van der Waals surface area contributed by atoms with Crippen molar-refractivity contribution < 1.29 is 14.3 Å². The van der Waals surface area contributed by atoms with E-state index in [2.05, 4.69) is 12.2 Å². The van der Waals surface area contributed by atoms with E-state index in [0.29, 0.717) is 13.2 Å². The van der Waals surface area contributed by atoms with Gasteiger partial charge in [-0.3, -0.25) is 0 Å². The summed E-state index contributed by atoms with van der Waals surface area (Å²) in [4.78, 5) is 13.9. The van der Waals surface area contributed by atoms with Crippen LogP contribution < -0.4 is 5.32 Å². The highest BCUT2D eigenvalue weighted by molar-refractivity contribution is 5.74. The number of nitrogens with zero attached hydrogens (tertiary/aromatic N) is 1. The van der Waals surface area contributed by atoms with Gasteiger partial charge in [0.05, 0.1) is 19.3 Å². The second-order valence-electron chi connectivity index (χ2n) is 4.60. The lowest BCUT2D eigenvalue weighted by Gasteiger charge is -2.37. The summed E-state index contributed by atoms with van der Waals surface area (Å²) in [6, 6.07) is 0.110. The average Bonchev–Trinajstić information content (AvgIpc) is 2.89. The van der Waals surface area contributed by atoms with Gasteiger partial charge >= 0.3 is 6.03 Å². The van der Waals surface area contributed by atoms with Gasteiger partial charge in [0.2, 0.25) is 0 Å². The zero-order chi connectivity index (χ0) is 12.1. The van der Waals surface area contributed by atoms with Crippen molar-refractivity contribution >= 4 is 6.03 Å². The number of carbonyl (C=O) groups is 1. The van der Waals surface area contributed by atoms with Gasteiger partial charge in [0.1, 0.15) is 0 Å². The fourth-order valence-corrected chi connectivity index (χ4v) is 2.42. The van der Waals surface area contributed by atoms with Crippen LogP contribution in [0.25, 0.3) is 0 Å². The van der Waals surface area contributed by atoms with Crippen molar-refractivity contribution in [2.45, 2.75) is 44.9 Å². The van der Waals surface area contributed by atoms with Gasteiger partial charge in [-0.25, -0.2) is 4.79 Å². The van der Waals surface area contributed by atoms with Gasteiger partial charge in [-0.05, 0) is 25.7 Å². The Kier molecular flexibility index (Phi) is 4.62. The summed E-state index contributed by atoms with van der Waals surface area (Å²) in [5, 5.41) is 2.93.